The number of rotatable bonds is 3. The van der Waals surface area contributed by atoms with Crippen LogP contribution in [0.4, 0.5) is 5.69 Å². The number of hydrogen-bond donors (Lipinski definition) is 1. The summed E-state index contributed by atoms with van der Waals surface area (Å²) in [6.07, 6.45) is 0.120. The van der Waals surface area contributed by atoms with E-state index in [0.29, 0.717) is 22.9 Å². The quantitative estimate of drug-likeness (QED) is 0.842. The first kappa shape index (κ1) is 16.9. The zero-order valence-corrected chi connectivity index (χ0v) is 14.7. The van der Waals surface area contributed by atoms with Gasteiger partial charge in [-0.3, -0.25) is 0 Å². The van der Waals surface area contributed by atoms with Crippen LogP contribution >= 0.6 is 0 Å². The largest absolute Gasteiger partial charge is 0.477 e. The number of ether oxygens (including phenoxy) is 2. The Morgan fingerprint density at radius 2 is 1.89 bits per heavy atom. The van der Waals surface area contributed by atoms with Crippen LogP contribution in [0.5, 0.6) is 11.5 Å². The molecule has 0 atom stereocenters. The molecule has 2 aromatic rings. The van der Waals surface area contributed by atoms with Gasteiger partial charge in [-0.05, 0) is 36.8 Å². The third-order valence-corrected chi connectivity index (χ3v) is 4.54. The zero-order valence-electron chi connectivity index (χ0n) is 14.7. The minimum atomic E-state index is -1.12. The molecule has 1 N–H and O–H groups in total. The Labute approximate surface area is 154 Å². The number of aliphatic carboxylic acids is 1. The van der Waals surface area contributed by atoms with Crippen molar-refractivity contribution in [2.75, 3.05) is 13.8 Å². The Balaban J connectivity index is 1.90. The van der Waals surface area contributed by atoms with Gasteiger partial charge in [0, 0.05) is 38.8 Å². The molecule has 2 aliphatic heterocycles. The Hall–Kier alpha value is -3.55. The molecular formula is C19H16N3O5+. The van der Waals surface area contributed by atoms with Crippen LogP contribution < -0.4 is 9.47 Å². The minimum absolute atomic E-state index is 0.0576. The summed E-state index contributed by atoms with van der Waals surface area (Å²) < 4.78 is 11.7. The van der Waals surface area contributed by atoms with Gasteiger partial charge in [-0.2, -0.15) is 0 Å². The van der Waals surface area contributed by atoms with Crippen LogP contribution in [0.1, 0.15) is 22.3 Å². The zero-order chi connectivity index (χ0) is 19.1. The second-order valence-electron chi connectivity index (χ2n) is 6.34. The van der Waals surface area contributed by atoms with Crippen molar-refractivity contribution < 1.29 is 24.1 Å². The summed E-state index contributed by atoms with van der Waals surface area (Å²) in [5.74, 6) is 0.0234. The highest BCUT2D eigenvalue weighted by atomic mass is 16.7. The SMILES string of the molecule is Cc1cc(C2=NN=C(C(=O)O)Cc3cc4c(cc32)OCO4)ccc1[N+](C)=O. The smallest absolute Gasteiger partial charge is 0.352 e. The lowest BCUT2D eigenvalue weighted by molar-refractivity contribution is -0.428. The molecule has 0 fully saturated rings. The fourth-order valence-electron chi connectivity index (χ4n) is 3.22. The van der Waals surface area contributed by atoms with Gasteiger partial charge in [-0.15, -0.1) is 10.2 Å². The average Bonchev–Trinajstić information content (AvgIpc) is 2.98. The number of nitroso groups, excluding NO2 is 1. The van der Waals surface area contributed by atoms with E-state index in [9.17, 15) is 14.8 Å². The van der Waals surface area contributed by atoms with Gasteiger partial charge in [0.15, 0.2) is 24.3 Å². The lowest BCUT2D eigenvalue weighted by Gasteiger charge is -2.11. The third-order valence-electron chi connectivity index (χ3n) is 4.54. The topological polar surface area (TPSA) is 101 Å². The van der Waals surface area contributed by atoms with Gasteiger partial charge in [-0.25, -0.2) is 4.79 Å². The van der Waals surface area contributed by atoms with Gasteiger partial charge in [-0.1, -0.05) is 0 Å². The molecule has 2 aromatic carbocycles. The standard InChI is InChI=1S/C19H15N3O5/c1-10-5-11(3-4-15(10)22(2)25)18-13-8-17-16(26-9-27-17)7-12(13)6-14(19(23)24)20-21-18/h3-5,7-8H,6,9H2,1-2H3/p+1. The molecule has 0 saturated carbocycles. The van der Waals surface area contributed by atoms with E-state index >= 15 is 0 Å². The molecule has 4 rings (SSSR count). The van der Waals surface area contributed by atoms with Crippen LogP contribution in [0.25, 0.3) is 0 Å². The molecule has 0 spiro atoms. The summed E-state index contributed by atoms with van der Waals surface area (Å²) in [5.41, 5.74) is 3.98. The molecule has 0 aliphatic carbocycles. The lowest BCUT2D eigenvalue weighted by Crippen LogP contribution is -2.15. The molecule has 0 unspecified atom stereocenters. The number of nitrogens with zero attached hydrogens (tertiary/aromatic N) is 3. The summed E-state index contributed by atoms with van der Waals surface area (Å²) >= 11 is 0. The molecule has 136 valence electrons. The molecule has 0 bridgehead atoms. The molecular weight excluding hydrogens is 350 g/mol. The molecule has 8 nitrogen and oxygen atoms in total. The van der Waals surface area contributed by atoms with Crippen molar-refractivity contribution in [3.05, 3.63) is 57.5 Å². The van der Waals surface area contributed by atoms with E-state index in [4.69, 9.17) is 9.47 Å². The first-order valence-corrected chi connectivity index (χ1v) is 8.26. The molecule has 27 heavy (non-hydrogen) atoms. The predicted molar refractivity (Wildman–Crippen MR) is 97.4 cm³/mol. The number of aryl methyl sites for hydroxylation is 1. The van der Waals surface area contributed by atoms with Gasteiger partial charge in [0.1, 0.15) is 5.71 Å². The Kier molecular flexibility index (Phi) is 3.95. The van der Waals surface area contributed by atoms with Gasteiger partial charge in [0.05, 0.1) is 0 Å². The highest BCUT2D eigenvalue weighted by Crippen LogP contribution is 2.37. The van der Waals surface area contributed by atoms with Crippen LogP contribution in [0.2, 0.25) is 0 Å². The Morgan fingerprint density at radius 3 is 2.56 bits per heavy atom. The van der Waals surface area contributed by atoms with E-state index in [-0.39, 0.29) is 18.9 Å². The maximum Gasteiger partial charge on any atom is 0.352 e. The predicted octanol–water partition coefficient (Wildman–Crippen LogP) is 2.60. The molecule has 0 aromatic heterocycles. The normalized spacial score (nSPS) is 14.7. The number of hydrogen-bond acceptors (Lipinski definition) is 6. The Bertz CT molecular complexity index is 1060. The van der Waals surface area contributed by atoms with E-state index in [1.807, 2.05) is 13.0 Å². The maximum atomic E-state index is 11.6. The summed E-state index contributed by atoms with van der Waals surface area (Å²) in [4.78, 5) is 23.1. The van der Waals surface area contributed by atoms with Crippen LogP contribution in [-0.4, -0.2) is 41.1 Å². The second kappa shape index (κ2) is 6.31. The van der Waals surface area contributed by atoms with Crippen LogP contribution in [0, 0.1) is 11.8 Å². The number of benzene rings is 2. The van der Waals surface area contributed by atoms with Crippen molar-refractivity contribution in [2.45, 2.75) is 13.3 Å². The minimum Gasteiger partial charge on any atom is -0.477 e. The highest BCUT2D eigenvalue weighted by molar-refractivity contribution is 6.36. The monoisotopic (exact) mass is 366 g/mol. The molecule has 0 radical (unpaired) electrons. The molecule has 0 amide bonds. The summed E-state index contributed by atoms with van der Waals surface area (Å²) in [5, 5.41) is 17.5. The third kappa shape index (κ3) is 2.95. The van der Waals surface area contributed by atoms with Crippen LogP contribution in [0.15, 0.2) is 40.5 Å². The van der Waals surface area contributed by atoms with Crippen molar-refractivity contribution in [1.29, 1.82) is 0 Å². The van der Waals surface area contributed by atoms with Gasteiger partial charge in [0.2, 0.25) is 6.79 Å². The maximum absolute atomic E-state index is 11.6. The van der Waals surface area contributed by atoms with Gasteiger partial charge >= 0.3 is 5.97 Å². The van der Waals surface area contributed by atoms with E-state index < -0.39 is 5.97 Å². The van der Waals surface area contributed by atoms with E-state index in [0.717, 1.165) is 27.0 Å². The van der Waals surface area contributed by atoms with Crippen molar-refractivity contribution in [1.82, 2.24) is 0 Å². The van der Waals surface area contributed by atoms with E-state index in [1.54, 1.807) is 24.3 Å². The molecule has 8 heteroatoms. The van der Waals surface area contributed by atoms with E-state index in [2.05, 4.69) is 10.2 Å². The number of fused-ring (bicyclic) bond motifs is 2. The Morgan fingerprint density at radius 1 is 1.15 bits per heavy atom. The number of carbonyl (C=O) groups is 1. The van der Waals surface area contributed by atoms with Crippen LogP contribution in [-0.2, 0) is 11.2 Å². The van der Waals surface area contributed by atoms with Gasteiger partial charge in [0.25, 0.3) is 5.69 Å². The molecule has 0 saturated heterocycles. The fourth-order valence-corrected chi connectivity index (χ4v) is 3.22. The lowest BCUT2D eigenvalue weighted by atomic mass is 9.93. The molecule has 2 aliphatic rings. The first-order valence-electron chi connectivity index (χ1n) is 8.26. The average molecular weight is 366 g/mol. The van der Waals surface area contributed by atoms with Crippen LogP contribution in [0.3, 0.4) is 0 Å². The number of carboxylic acid groups (broad SMARTS) is 1. The van der Waals surface area contributed by atoms with Crippen molar-refractivity contribution in [3.63, 3.8) is 0 Å². The van der Waals surface area contributed by atoms with Crippen molar-refractivity contribution >= 4 is 23.1 Å². The number of carboxylic acids is 1. The fraction of sp³-hybridized carbons (Fsp3) is 0.211. The first-order chi connectivity index (χ1) is 12.9. The summed E-state index contributed by atoms with van der Waals surface area (Å²) in [7, 11) is 1.44. The van der Waals surface area contributed by atoms with E-state index in [1.165, 1.54) is 7.05 Å². The highest BCUT2D eigenvalue weighted by Gasteiger charge is 2.26. The molecule has 2 heterocycles. The van der Waals surface area contributed by atoms with Gasteiger partial charge < -0.3 is 14.6 Å². The van der Waals surface area contributed by atoms with Crippen molar-refractivity contribution in [2.24, 2.45) is 10.2 Å². The summed E-state index contributed by atoms with van der Waals surface area (Å²) in [6.45, 7) is 1.95. The van der Waals surface area contributed by atoms with Crippen molar-refractivity contribution in [3.8, 4) is 11.5 Å². The summed E-state index contributed by atoms with van der Waals surface area (Å²) in [6, 6.07) is 8.87. The second-order valence-corrected chi connectivity index (χ2v) is 6.34.